The molecule has 0 saturated heterocycles. The van der Waals surface area contributed by atoms with Crippen molar-refractivity contribution in [1.29, 1.82) is 0 Å². The van der Waals surface area contributed by atoms with Crippen LogP contribution in [0.3, 0.4) is 0 Å². The highest BCUT2D eigenvalue weighted by Gasteiger charge is 2.29. The minimum Gasteiger partial charge on any atom is -0.466 e. The maximum Gasteiger partial charge on any atom is 0.307 e. The molecule has 0 aromatic heterocycles. The van der Waals surface area contributed by atoms with Gasteiger partial charge in [-0.25, -0.2) is 4.39 Å². The van der Waals surface area contributed by atoms with Gasteiger partial charge in [-0.3, -0.25) is 9.69 Å². The molecule has 190 valence electrons. The molecule has 0 heterocycles. The van der Waals surface area contributed by atoms with E-state index in [9.17, 15) is 9.18 Å². The fourth-order valence-electron chi connectivity index (χ4n) is 4.79. The molecule has 37 heavy (non-hydrogen) atoms. The summed E-state index contributed by atoms with van der Waals surface area (Å²) in [5.74, 6) is -0.445. The van der Waals surface area contributed by atoms with Crippen LogP contribution in [0.15, 0.2) is 103 Å². The van der Waals surface area contributed by atoms with Gasteiger partial charge in [-0.2, -0.15) is 0 Å². The number of hydrogen-bond acceptors (Lipinski definition) is 3. The van der Waals surface area contributed by atoms with Crippen LogP contribution >= 0.6 is 0 Å². The van der Waals surface area contributed by atoms with E-state index in [-0.39, 0.29) is 30.3 Å². The van der Waals surface area contributed by atoms with Gasteiger partial charge in [0.15, 0.2) is 0 Å². The van der Waals surface area contributed by atoms with E-state index in [0.717, 1.165) is 16.7 Å². The van der Waals surface area contributed by atoms with Gasteiger partial charge < -0.3 is 4.74 Å². The Hall–Kier alpha value is -3.76. The minimum atomic E-state index is -0.228. The van der Waals surface area contributed by atoms with E-state index in [0.29, 0.717) is 18.7 Å². The van der Waals surface area contributed by atoms with Crippen molar-refractivity contribution in [3.63, 3.8) is 0 Å². The van der Waals surface area contributed by atoms with Gasteiger partial charge >= 0.3 is 5.97 Å². The molecule has 0 amide bonds. The summed E-state index contributed by atoms with van der Waals surface area (Å²) in [5, 5.41) is 0. The second-order valence-corrected chi connectivity index (χ2v) is 9.36. The lowest BCUT2D eigenvalue weighted by molar-refractivity contribution is -0.145. The van der Waals surface area contributed by atoms with Crippen LogP contribution in [0.25, 0.3) is 11.1 Å². The Morgan fingerprint density at radius 2 is 1.49 bits per heavy atom. The van der Waals surface area contributed by atoms with Gasteiger partial charge in [0, 0.05) is 18.6 Å². The SMILES string of the molecule is CCOC(=O)CC(c1cccc(-c2ccc(F)c(C)c2)c1)N(Cc1ccccc1)C(C)c1ccccc1. The Kier molecular flexibility index (Phi) is 8.86. The molecule has 4 aromatic rings. The molecule has 4 aromatic carbocycles. The molecule has 0 radical (unpaired) electrons. The molecule has 0 aliphatic rings. The third-order valence-corrected chi connectivity index (χ3v) is 6.82. The number of esters is 1. The minimum absolute atomic E-state index is 0.0394. The van der Waals surface area contributed by atoms with Gasteiger partial charge in [-0.05, 0) is 72.4 Å². The lowest BCUT2D eigenvalue weighted by Crippen LogP contribution is -2.33. The van der Waals surface area contributed by atoms with Gasteiger partial charge in [-0.15, -0.1) is 0 Å². The molecule has 3 nitrogen and oxygen atoms in total. The first kappa shape index (κ1) is 26.3. The maximum atomic E-state index is 13.9. The molecule has 4 rings (SSSR count). The second-order valence-electron chi connectivity index (χ2n) is 9.36. The molecule has 0 saturated carbocycles. The number of rotatable bonds is 10. The summed E-state index contributed by atoms with van der Waals surface area (Å²) in [6, 6.07) is 33.9. The molecule has 2 unspecified atom stereocenters. The number of halogens is 1. The molecule has 0 aliphatic heterocycles. The average Bonchev–Trinajstić information content (AvgIpc) is 2.93. The topological polar surface area (TPSA) is 29.5 Å². The van der Waals surface area contributed by atoms with E-state index in [4.69, 9.17) is 4.74 Å². The zero-order valence-electron chi connectivity index (χ0n) is 21.7. The highest BCUT2D eigenvalue weighted by atomic mass is 19.1. The van der Waals surface area contributed by atoms with Crippen molar-refractivity contribution in [2.24, 2.45) is 0 Å². The number of benzene rings is 4. The van der Waals surface area contributed by atoms with Crippen molar-refractivity contribution in [1.82, 2.24) is 4.90 Å². The monoisotopic (exact) mass is 495 g/mol. The van der Waals surface area contributed by atoms with Gasteiger partial charge in [0.1, 0.15) is 5.82 Å². The molecule has 4 heteroatoms. The van der Waals surface area contributed by atoms with E-state index in [2.05, 4.69) is 48.2 Å². The Labute approximate surface area is 219 Å². The number of hydrogen-bond donors (Lipinski definition) is 0. The van der Waals surface area contributed by atoms with Gasteiger partial charge in [-0.1, -0.05) is 84.9 Å². The molecule has 0 fully saturated rings. The predicted molar refractivity (Wildman–Crippen MR) is 147 cm³/mol. The fourth-order valence-corrected chi connectivity index (χ4v) is 4.79. The van der Waals surface area contributed by atoms with Crippen molar-refractivity contribution >= 4 is 5.97 Å². The van der Waals surface area contributed by atoms with Crippen molar-refractivity contribution in [2.45, 2.75) is 45.8 Å². The van der Waals surface area contributed by atoms with Gasteiger partial charge in [0.05, 0.1) is 13.0 Å². The number of carbonyl (C=O) groups excluding carboxylic acids is 1. The number of ether oxygens (including phenoxy) is 1. The summed E-state index contributed by atoms with van der Waals surface area (Å²) in [6.07, 6.45) is 0.226. The van der Waals surface area contributed by atoms with Crippen molar-refractivity contribution in [2.75, 3.05) is 6.61 Å². The first-order chi connectivity index (χ1) is 18.0. The predicted octanol–water partition coefficient (Wildman–Crippen LogP) is 8.06. The smallest absolute Gasteiger partial charge is 0.307 e. The summed E-state index contributed by atoms with van der Waals surface area (Å²) in [7, 11) is 0. The number of aryl methyl sites for hydroxylation is 1. The van der Waals surface area contributed by atoms with E-state index in [1.807, 2.05) is 61.5 Å². The van der Waals surface area contributed by atoms with Crippen LogP contribution in [0.4, 0.5) is 4.39 Å². The zero-order chi connectivity index (χ0) is 26.2. The standard InChI is InChI=1S/C33H34FNO2/c1-4-37-33(36)22-32(30-17-11-16-28(21-30)29-18-19-31(34)24(2)20-29)35(23-26-12-7-5-8-13-26)25(3)27-14-9-6-10-15-27/h5-21,25,32H,4,22-23H2,1-3H3. The molecular formula is C33H34FNO2. The first-order valence-electron chi connectivity index (χ1n) is 12.8. The highest BCUT2D eigenvalue weighted by Crippen LogP contribution is 2.36. The van der Waals surface area contributed by atoms with Crippen LogP contribution in [-0.2, 0) is 16.1 Å². The molecule has 2 atom stereocenters. The molecule has 0 spiro atoms. The van der Waals surface area contributed by atoms with Crippen LogP contribution < -0.4 is 0 Å². The van der Waals surface area contributed by atoms with Crippen LogP contribution in [0.5, 0.6) is 0 Å². The van der Waals surface area contributed by atoms with Crippen LogP contribution in [-0.4, -0.2) is 17.5 Å². The highest BCUT2D eigenvalue weighted by molar-refractivity contribution is 5.71. The lowest BCUT2D eigenvalue weighted by atomic mass is 9.93. The molecular weight excluding hydrogens is 461 g/mol. The fraction of sp³-hybridized carbons (Fsp3) is 0.242. The van der Waals surface area contributed by atoms with Crippen molar-refractivity contribution < 1.29 is 13.9 Å². The summed E-state index contributed by atoms with van der Waals surface area (Å²) in [6.45, 7) is 6.80. The van der Waals surface area contributed by atoms with Crippen molar-refractivity contribution in [3.05, 3.63) is 131 Å². The van der Waals surface area contributed by atoms with Gasteiger partial charge in [0.2, 0.25) is 0 Å². The molecule has 0 aliphatic carbocycles. The average molecular weight is 496 g/mol. The van der Waals surface area contributed by atoms with E-state index in [1.165, 1.54) is 17.2 Å². The van der Waals surface area contributed by atoms with Crippen molar-refractivity contribution in [3.8, 4) is 11.1 Å². The van der Waals surface area contributed by atoms with Crippen LogP contribution in [0.2, 0.25) is 0 Å². The molecule has 0 N–H and O–H groups in total. The van der Waals surface area contributed by atoms with Crippen LogP contribution in [0, 0.1) is 12.7 Å². The summed E-state index contributed by atoms with van der Waals surface area (Å²) in [4.78, 5) is 15.3. The van der Waals surface area contributed by atoms with E-state index in [1.54, 1.807) is 13.0 Å². The summed E-state index contributed by atoms with van der Waals surface area (Å²) in [5.41, 5.74) is 5.91. The summed E-state index contributed by atoms with van der Waals surface area (Å²) >= 11 is 0. The zero-order valence-corrected chi connectivity index (χ0v) is 21.7. The Morgan fingerprint density at radius 3 is 2.16 bits per heavy atom. The van der Waals surface area contributed by atoms with E-state index >= 15 is 0 Å². The van der Waals surface area contributed by atoms with Crippen LogP contribution in [0.1, 0.15) is 54.6 Å². The summed E-state index contributed by atoms with van der Waals surface area (Å²) < 4.78 is 19.4. The van der Waals surface area contributed by atoms with Gasteiger partial charge in [0.25, 0.3) is 0 Å². The normalized spacial score (nSPS) is 12.8. The second kappa shape index (κ2) is 12.5. The Bertz CT molecular complexity index is 1310. The first-order valence-corrected chi connectivity index (χ1v) is 12.8. The Morgan fingerprint density at radius 1 is 0.838 bits per heavy atom. The third kappa shape index (κ3) is 6.72. The number of nitrogens with zero attached hydrogens (tertiary/aromatic N) is 1. The number of carbonyl (C=O) groups is 1. The Balaban J connectivity index is 1.79. The third-order valence-electron chi connectivity index (χ3n) is 6.82. The molecule has 0 bridgehead atoms. The largest absolute Gasteiger partial charge is 0.466 e. The lowest BCUT2D eigenvalue weighted by Gasteiger charge is -2.37. The maximum absolute atomic E-state index is 13.9. The van der Waals surface area contributed by atoms with E-state index < -0.39 is 0 Å². The quantitative estimate of drug-likeness (QED) is 0.208.